The van der Waals surface area contributed by atoms with Gasteiger partial charge in [0.25, 0.3) is 0 Å². The Labute approximate surface area is 74.7 Å². The fourth-order valence-electron chi connectivity index (χ4n) is 0.744. The second-order valence-electron chi connectivity index (χ2n) is 2.25. The van der Waals surface area contributed by atoms with Gasteiger partial charge < -0.3 is 14.5 Å². The third-order valence-corrected chi connectivity index (χ3v) is 1.35. The first-order valence-electron chi connectivity index (χ1n) is 3.64. The molecular weight excluding hydrogens is 174 g/mol. The average molecular weight is 183 g/mol. The van der Waals surface area contributed by atoms with Crippen LogP contribution in [0.25, 0.3) is 0 Å². The van der Waals surface area contributed by atoms with Crippen molar-refractivity contribution < 1.29 is 18.7 Å². The summed E-state index contributed by atoms with van der Waals surface area (Å²) in [6.45, 7) is 0.0213. The Balaban J connectivity index is 2.45. The minimum Gasteiger partial charge on any atom is -0.455 e. The number of rotatable bonds is 3. The molecule has 1 N–H and O–H groups in total. The van der Waals surface area contributed by atoms with Crippen molar-refractivity contribution in [3.8, 4) is 0 Å². The lowest BCUT2D eigenvalue weighted by atomic mass is 10.4. The number of nitrogens with one attached hydrogen (secondary N) is 1. The molecular formula is C8H9NO4. The van der Waals surface area contributed by atoms with Gasteiger partial charge in [-0.3, -0.25) is 4.79 Å². The third kappa shape index (κ3) is 2.62. The molecule has 0 spiro atoms. The number of ether oxygens (including phenoxy) is 1. The molecule has 1 aromatic heterocycles. The maximum atomic E-state index is 10.6. The van der Waals surface area contributed by atoms with Gasteiger partial charge in [0.05, 0.1) is 0 Å². The van der Waals surface area contributed by atoms with Gasteiger partial charge in [-0.25, -0.2) is 4.79 Å². The maximum absolute atomic E-state index is 10.6. The Morgan fingerprint density at radius 3 is 3.00 bits per heavy atom. The molecule has 0 bridgehead atoms. The van der Waals surface area contributed by atoms with Crippen molar-refractivity contribution in [3.63, 3.8) is 0 Å². The van der Waals surface area contributed by atoms with E-state index in [1.54, 1.807) is 6.07 Å². The molecule has 0 saturated carbocycles. The first-order valence-corrected chi connectivity index (χ1v) is 3.64. The van der Waals surface area contributed by atoms with Gasteiger partial charge in [-0.15, -0.1) is 0 Å². The standard InChI is InChI=1S/C8H9NO4/c1-9-8(11)12-5-7-3-2-6(4-10)13-7/h2-4H,5H2,1H3,(H,9,11). The highest BCUT2D eigenvalue weighted by atomic mass is 16.6. The molecule has 0 aromatic carbocycles. The largest absolute Gasteiger partial charge is 0.455 e. The Morgan fingerprint density at radius 1 is 1.69 bits per heavy atom. The number of alkyl carbamates (subject to hydrolysis) is 1. The van der Waals surface area contributed by atoms with Crippen LogP contribution in [-0.4, -0.2) is 19.4 Å². The van der Waals surface area contributed by atoms with E-state index in [1.807, 2.05) is 0 Å². The summed E-state index contributed by atoms with van der Waals surface area (Å²) in [5, 5.41) is 2.28. The van der Waals surface area contributed by atoms with Crippen molar-refractivity contribution in [3.05, 3.63) is 23.7 Å². The van der Waals surface area contributed by atoms with Crippen LogP contribution < -0.4 is 5.32 Å². The average Bonchev–Trinajstić information content (AvgIpc) is 2.61. The van der Waals surface area contributed by atoms with Gasteiger partial charge >= 0.3 is 6.09 Å². The van der Waals surface area contributed by atoms with Gasteiger partial charge in [0.2, 0.25) is 0 Å². The van der Waals surface area contributed by atoms with E-state index in [2.05, 4.69) is 10.1 Å². The molecule has 0 aliphatic rings. The van der Waals surface area contributed by atoms with E-state index in [-0.39, 0.29) is 12.4 Å². The summed E-state index contributed by atoms with van der Waals surface area (Å²) in [5.74, 6) is 0.654. The van der Waals surface area contributed by atoms with Gasteiger partial charge in [0.1, 0.15) is 5.76 Å². The number of furan rings is 1. The van der Waals surface area contributed by atoms with Crippen LogP contribution >= 0.6 is 0 Å². The fourth-order valence-corrected chi connectivity index (χ4v) is 0.744. The van der Waals surface area contributed by atoms with Crippen LogP contribution in [0, 0.1) is 0 Å². The quantitative estimate of drug-likeness (QED) is 0.708. The van der Waals surface area contributed by atoms with Gasteiger partial charge in [-0.05, 0) is 12.1 Å². The Kier molecular flexibility index (Phi) is 3.08. The number of hydrogen-bond acceptors (Lipinski definition) is 4. The van der Waals surface area contributed by atoms with Crippen molar-refractivity contribution in [2.45, 2.75) is 6.61 Å². The van der Waals surface area contributed by atoms with Crippen molar-refractivity contribution in [2.75, 3.05) is 7.05 Å². The second kappa shape index (κ2) is 4.30. The molecule has 0 aliphatic heterocycles. The molecule has 1 amide bonds. The van der Waals surface area contributed by atoms with E-state index < -0.39 is 6.09 Å². The highest BCUT2D eigenvalue weighted by molar-refractivity contribution is 5.70. The molecule has 0 unspecified atom stereocenters. The molecule has 0 aliphatic carbocycles. The first-order chi connectivity index (χ1) is 6.26. The maximum Gasteiger partial charge on any atom is 0.407 e. The lowest BCUT2D eigenvalue weighted by Gasteiger charge is -1.99. The van der Waals surface area contributed by atoms with E-state index in [9.17, 15) is 9.59 Å². The van der Waals surface area contributed by atoms with Crippen molar-refractivity contribution >= 4 is 12.4 Å². The number of amides is 1. The number of aldehydes is 1. The summed E-state index contributed by atoms with van der Waals surface area (Å²) in [7, 11) is 1.46. The van der Waals surface area contributed by atoms with Gasteiger partial charge in [-0.2, -0.15) is 0 Å². The van der Waals surface area contributed by atoms with Crippen molar-refractivity contribution in [2.24, 2.45) is 0 Å². The van der Waals surface area contributed by atoms with E-state index in [0.29, 0.717) is 12.0 Å². The SMILES string of the molecule is CNC(=O)OCc1ccc(C=O)o1. The molecule has 5 nitrogen and oxygen atoms in total. The molecule has 5 heteroatoms. The normalized spacial score (nSPS) is 9.31. The Morgan fingerprint density at radius 2 is 2.46 bits per heavy atom. The summed E-state index contributed by atoms with van der Waals surface area (Å²) >= 11 is 0. The fraction of sp³-hybridized carbons (Fsp3) is 0.250. The zero-order valence-electron chi connectivity index (χ0n) is 7.07. The predicted octanol–water partition coefficient (Wildman–Crippen LogP) is 0.948. The number of carbonyl (C=O) groups excluding carboxylic acids is 2. The molecule has 0 radical (unpaired) electrons. The minimum absolute atomic E-state index is 0.0213. The van der Waals surface area contributed by atoms with Crippen LogP contribution in [0.5, 0.6) is 0 Å². The Hall–Kier alpha value is -1.78. The van der Waals surface area contributed by atoms with Gasteiger partial charge in [-0.1, -0.05) is 0 Å². The Bertz CT molecular complexity index is 305. The molecule has 13 heavy (non-hydrogen) atoms. The van der Waals surface area contributed by atoms with Crippen LogP contribution in [-0.2, 0) is 11.3 Å². The minimum atomic E-state index is -0.538. The summed E-state index contributed by atoms with van der Waals surface area (Å²) in [6, 6.07) is 3.09. The third-order valence-electron chi connectivity index (χ3n) is 1.35. The predicted molar refractivity (Wildman–Crippen MR) is 43.3 cm³/mol. The zero-order chi connectivity index (χ0) is 9.68. The highest BCUT2D eigenvalue weighted by Crippen LogP contribution is 2.06. The van der Waals surface area contributed by atoms with Crippen LogP contribution in [0.3, 0.4) is 0 Å². The molecule has 0 saturated heterocycles. The second-order valence-corrected chi connectivity index (χ2v) is 2.25. The lowest BCUT2D eigenvalue weighted by Crippen LogP contribution is -2.18. The van der Waals surface area contributed by atoms with Crippen LogP contribution in [0.4, 0.5) is 4.79 Å². The van der Waals surface area contributed by atoms with E-state index in [0.717, 1.165) is 0 Å². The van der Waals surface area contributed by atoms with E-state index >= 15 is 0 Å². The van der Waals surface area contributed by atoms with Crippen molar-refractivity contribution in [1.82, 2.24) is 5.32 Å². The van der Waals surface area contributed by atoms with Gasteiger partial charge in [0, 0.05) is 7.05 Å². The summed E-state index contributed by atoms with van der Waals surface area (Å²) in [4.78, 5) is 20.8. The molecule has 1 aromatic rings. The monoisotopic (exact) mass is 183 g/mol. The number of hydrogen-bond donors (Lipinski definition) is 1. The van der Waals surface area contributed by atoms with Crippen LogP contribution in [0.2, 0.25) is 0 Å². The van der Waals surface area contributed by atoms with E-state index in [1.165, 1.54) is 13.1 Å². The molecule has 0 fully saturated rings. The molecule has 1 heterocycles. The van der Waals surface area contributed by atoms with Gasteiger partial charge in [0.15, 0.2) is 18.7 Å². The van der Waals surface area contributed by atoms with E-state index in [4.69, 9.17) is 4.42 Å². The summed E-state index contributed by atoms with van der Waals surface area (Å²) < 4.78 is 9.63. The summed E-state index contributed by atoms with van der Waals surface area (Å²) in [6.07, 6.45) is 0.0488. The van der Waals surface area contributed by atoms with Crippen molar-refractivity contribution in [1.29, 1.82) is 0 Å². The molecule has 70 valence electrons. The highest BCUT2D eigenvalue weighted by Gasteiger charge is 2.03. The van der Waals surface area contributed by atoms with Crippen LogP contribution in [0.1, 0.15) is 16.3 Å². The molecule has 1 rings (SSSR count). The topological polar surface area (TPSA) is 68.5 Å². The zero-order valence-corrected chi connectivity index (χ0v) is 7.07. The summed E-state index contributed by atoms with van der Waals surface area (Å²) in [5.41, 5.74) is 0. The van der Waals surface area contributed by atoms with Crippen LogP contribution in [0.15, 0.2) is 16.5 Å². The first kappa shape index (κ1) is 9.31. The molecule has 0 atom stereocenters. The smallest absolute Gasteiger partial charge is 0.407 e. The number of carbonyl (C=O) groups is 2. The lowest BCUT2D eigenvalue weighted by molar-refractivity contribution is 0.109.